The number of benzene rings is 1. The average molecular weight is 392 g/mol. The molecule has 3 rings (SSSR count). The molecule has 0 unspecified atom stereocenters. The minimum Gasteiger partial charge on any atom is -0.296 e. The summed E-state index contributed by atoms with van der Waals surface area (Å²) in [4.78, 5) is 12.8. The average Bonchev–Trinajstić information content (AvgIpc) is 3.20. The van der Waals surface area contributed by atoms with Crippen molar-refractivity contribution in [3.63, 3.8) is 0 Å². The Bertz CT molecular complexity index is 869. The number of rotatable bonds is 6. The van der Waals surface area contributed by atoms with E-state index in [0.29, 0.717) is 22.1 Å². The van der Waals surface area contributed by atoms with Gasteiger partial charge < -0.3 is 0 Å². The molecular formula is C16H17N5OS3. The van der Waals surface area contributed by atoms with Crippen LogP contribution in [0.1, 0.15) is 39.0 Å². The molecule has 0 radical (unpaired) electrons. The Morgan fingerprint density at radius 2 is 1.92 bits per heavy atom. The van der Waals surface area contributed by atoms with Crippen LogP contribution in [0.25, 0.3) is 0 Å². The van der Waals surface area contributed by atoms with Crippen molar-refractivity contribution in [1.82, 2.24) is 19.8 Å². The highest BCUT2D eigenvalue weighted by molar-refractivity contribution is 8.00. The number of thioether (sulfide) groups is 1. The largest absolute Gasteiger partial charge is 0.296 e. The molecule has 0 aliphatic heterocycles. The quantitative estimate of drug-likeness (QED) is 0.503. The van der Waals surface area contributed by atoms with E-state index in [0.717, 1.165) is 21.6 Å². The second kappa shape index (κ2) is 8.03. The van der Waals surface area contributed by atoms with Crippen molar-refractivity contribution >= 4 is 45.7 Å². The van der Waals surface area contributed by atoms with Gasteiger partial charge in [0.1, 0.15) is 4.88 Å². The summed E-state index contributed by atoms with van der Waals surface area (Å²) in [6.45, 7) is 6.14. The lowest BCUT2D eigenvalue weighted by molar-refractivity contribution is 0.102. The molecule has 0 aliphatic carbocycles. The van der Waals surface area contributed by atoms with Gasteiger partial charge in [0.2, 0.25) is 5.13 Å². The van der Waals surface area contributed by atoms with Crippen LogP contribution in [-0.2, 0) is 12.2 Å². The number of aryl methyl sites for hydroxylation is 3. The van der Waals surface area contributed by atoms with Crippen molar-refractivity contribution in [3.05, 3.63) is 45.5 Å². The first-order chi connectivity index (χ1) is 12.0. The van der Waals surface area contributed by atoms with E-state index in [1.807, 2.05) is 6.92 Å². The fraction of sp³-hybridized carbons (Fsp3) is 0.312. The normalized spacial score (nSPS) is 10.8. The summed E-state index contributed by atoms with van der Waals surface area (Å²) < 4.78 is 4.66. The van der Waals surface area contributed by atoms with Crippen molar-refractivity contribution < 1.29 is 4.79 Å². The fourth-order valence-corrected chi connectivity index (χ4v) is 4.70. The number of carbonyl (C=O) groups is 1. The lowest BCUT2D eigenvalue weighted by Gasteiger charge is -2.03. The van der Waals surface area contributed by atoms with Crippen LogP contribution in [0.2, 0.25) is 0 Å². The molecule has 0 saturated carbocycles. The zero-order valence-corrected chi connectivity index (χ0v) is 16.5. The zero-order valence-electron chi connectivity index (χ0n) is 14.1. The molecule has 1 aromatic carbocycles. The molecule has 0 fully saturated rings. The first-order valence-electron chi connectivity index (χ1n) is 7.71. The summed E-state index contributed by atoms with van der Waals surface area (Å²) in [6, 6.07) is 6.51. The van der Waals surface area contributed by atoms with Gasteiger partial charge in [-0.05, 0) is 37.4 Å². The van der Waals surface area contributed by atoms with Crippen molar-refractivity contribution in [3.8, 4) is 0 Å². The number of carbonyl (C=O) groups excluding carboxylic acids is 1. The monoisotopic (exact) mass is 391 g/mol. The Hall–Kier alpha value is -1.84. The number of hydrogen-bond donors (Lipinski definition) is 1. The van der Waals surface area contributed by atoms with Crippen LogP contribution >= 0.6 is 34.6 Å². The van der Waals surface area contributed by atoms with Crippen LogP contribution in [0.5, 0.6) is 0 Å². The second-order valence-electron chi connectivity index (χ2n) is 5.51. The van der Waals surface area contributed by atoms with E-state index in [4.69, 9.17) is 0 Å². The second-order valence-corrected chi connectivity index (χ2v) is 8.47. The topological polar surface area (TPSA) is 80.7 Å². The van der Waals surface area contributed by atoms with E-state index in [2.05, 4.69) is 57.1 Å². The summed E-state index contributed by atoms with van der Waals surface area (Å²) >= 11 is 4.08. The molecule has 0 atom stereocenters. The molecule has 1 amide bonds. The highest BCUT2D eigenvalue weighted by Gasteiger charge is 2.17. The summed E-state index contributed by atoms with van der Waals surface area (Å²) in [5.74, 6) is 0.595. The Balaban J connectivity index is 1.61. The molecule has 0 saturated heterocycles. The van der Waals surface area contributed by atoms with E-state index in [-0.39, 0.29) is 5.91 Å². The minimum absolute atomic E-state index is 0.228. The number of aromatic nitrogens is 4. The van der Waals surface area contributed by atoms with Crippen LogP contribution in [0.15, 0.2) is 22.5 Å². The molecule has 1 N–H and O–H groups in total. The molecule has 6 nitrogen and oxygen atoms in total. The van der Waals surface area contributed by atoms with Crippen LogP contribution in [0.3, 0.4) is 0 Å². The first-order valence-corrected chi connectivity index (χ1v) is 10.3. The maximum Gasteiger partial charge on any atom is 0.271 e. The van der Waals surface area contributed by atoms with Crippen LogP contribution in [0, 0.1) is 13.8 Å². The van der Waals surface area contributed by atoms with E-state index < -0.39 is 0 Å². The Labute approximate surface area is 158 Å². The van der Waals surface area contributed by atoms with Crippen molar-refractivity contribution in [2.24, 2.45) is 0 Å². The summed E-state index contributed by atoms with van der Waals surface area (Å²) in [6.07, 6.45) is 0.673. The lowest BCUT2D eigenvalue weighted by atomic mass is 10.1. The third-order valence-electron chi connectivity index (χ3n) is 3.37. The number of nitrogens with zero attached hydrogens (tertiary/aromatic N) is 4. The maximum absolute atomic E-state index is 12.3. The molecule has 9 heteroatoms. The molecule has 0 aliphatic rings. The first kappa shape index (κ1) is 18.0. The van der Waals surface area contributed by atoms with Gasteiger partial charge in [0.15, 0.2) is 4.34 Å². The lowest BCUT2D eigenvalue weighted by Crippen LogP contribution is -2.12. The van der Waals surface area contributed by atoms with Gasteiger partial charge in [-0.1, -0.05) is 63.8 Å². The van der Waals surface area contributed by atoms with Gasteiger partial charge >= 0.3 is 0 Å². The number of hydrogen-bond acceptors (Lipinski definition) is 8. The van der Waals surface area contributed by atoms with Crippen LogP contribution < -0.4 is 5.32 Å². The predicted octanol–water partition coefficient (Wildman–Crippen LogP) is 4.11. The summed E-state index contributed by atoms with van der Waals surface area (Å²) in [7, 11) is 0. The molecule has 25 heavy (non-hydrogen) atoms. The van der Waals surface area contributed by atoms with Gasteiger partial charge in [0, 0.05) is 5.75 Å². The third-order valence-corrected chi connectivity index (χ3v) is 6.18. The van der Waals surface area contributed by atoms with Gasteiger partial charge in [-0.25, -0.2) is 0 Å². The van der Waals surface area contributed by atoms with E-state index in [1.165, 1.54) is 28.0 Å². The smallest absolute Gasteiger partial charge is 0.271 e. The fourth-order valence-electron chi connectivity index (χ4n) is 2.38. The van der Waals surface area contributed by atoms with Gasteiger partial charge in [-0.15, -0.1) is 15.3 Å². The van der Waals surface area contributed by atoms with Crippen molar-refractivity contribution in [1.29, 1.82) is 0 Å². The molecule has 2 heterocycles. The molecule has 2 aromatic heterocycles. The van der Waals surface area contributed by atoms with Crippen molar-refractivity contribution in [2.45, 2.75) is 37.3 Å². The van der Waals surface area contributed by atoms with Crippen LogP contribution in [-0.4, -0.2) is 25.7 Å². The highest BCUT2D eigenvalue weighted by Crippen LogP contribution is 2.29. The molecule has 130 valence electrons. The standard InChI is InChI=1S/C16H17N5OS3/c1-4-12-13(25-21-18-12)14(22)17-15-19-20-16(24-15)23-8-11-6-9(2)5-10(3)7-11/h5-7H,4,8H2,1-3H3,(H,17,19,22). The molecule has 0 spiro atoms. The molecular weight excluding hydrogens is 374 g/mol. The molecule has 3 aromatic rings. The van der Waals surface area contributed by atoms with Gasteiger partial charge in [-0.2, -0.15) is 0 Å². The predicted molar refractivity (Wildman–Crippen MR) is 103 cm³/mol. The van der Waals surface area contributed by atoms with Gasteiger partial charge in [-0.3, -0.25) is 10.1 Å². The number of anilines is 1. The van der Waals surface area contributed by atoms with Gasteiger partial charge in [0.25, 0.3) is 5.91 Å². The molecule has 0 bridgehead atoms. The summed E-state index contributed by atoms with van der Waals surface area (Å²) in [5.41, 5.74) is 4.47. The van der Waals surface area contributed by atoms with E-state index >= 15 is 0 Å². The SMILES string of the molecule is CCc1nnsc1C(=O)Nc1nnc(SCc2cc(C)cc(C)c2)s1. The maximum atomic E-state index is 12.3. The number of amides is 1. The number of nitrogens with one attached hydrogen (secondary N) is 1. The third kappa shape index (κ3) is 4.62. The van der Waals surface area contributed by atoms with E-state index in [9.17, 15) is 4.79 Å². The highest BCUT2D eigenvalue weighted by atomic mass is 32.2. The summed E-state index contributed by atoms with van der Waals surface area (Å²) in [5, 5.41) is 15.4. The zero-order chi connectivity index (χ0) is 17.8. The van der Waals surface area contributed by atoms with Crippen LogP contribution in [0.4, 0.5) is 5.13 Å². The Morgan fingerprint density at radius 1 is 1.16 bits per heavy atom. The van der Waals surface area contributed by atoms with Crippen molar-refractivity contribution in [2.75, 3.05) is 5.32 Å². The minimum atomic E-state index is -0.228. The Kier molecular flexibility index (Phi) is 5.77. The van der Waals surface area contributed by atoms with Gasteiger partial charge in [0.05, 0.1) is 5.69 Å². The Morgan fingerprint density at radius 3 is 2.64 bits per heavy atom. The van der Waals surface area contributed by atoms with E-state index in [1.54, 1.807) is 11.8 Å².